The first-order chi connectivity index (χ1) is 17.7. The lowest BCUT2D eigenvalue weighted by atomic mass is 9.97. The van der Waals surface area contributed by atoms with Crippen LogP contribution in [0.15, 0.2) is 85.3 Å². The molecule has 180 valence electrons. The van der Waals surface area contributed by atoms with Crippen molar-refractivity contribution in [3.63, 3.8) is 0 Å². The van der Waals surface area contributed by atoms with Gasteiger partial charge in [-0.3, -0.25) is 15.2 Å². The Morgan fingerprint density at radius 2 is 1.61 bits per heavy atom. The average Bonchev–Trinajstić information content (AvgIpc) is 2.92. The van der Waals surface area contributed by atoms with Gasteiger partial charge < -0.3 is 4.74 Å². The normalized spacial score (nSPS) is 11.2. The third-order valence-electron chi connectivity index (χ3n) is 6.23. The van der Waals surface area contributed by atoms with Crippen molar-refractivity contribution in [2.45, 2.75) is 20.4 Å². The topological polar surface area (TPSA) is 80.2 Å². The summed E-state index contributed by atoms with van der Waals surface area (Å²) in [6.45, 7) is 7.02. The number of aromatic nitrogens is 3. The number of anilines is 1. The molecule has 7 nitrogen and oxygen atoms in total. The molecule has 0 aliphatic heterocycles. The third-order valence-corrected chi connectivity index (χ3v) is 6.23. The summed E-state index contributed by atoms with van der Waals surface area (Å²) in [6, 6.07) is 21.8. The van der Waals surface area contributed by atoms with Crippen molar-refractivity contribution in [1.82, 2.24) is 19.9 Å². The standard InChI is InChI=1S/C29H27N5O2/c1-3-34(4-2)19-20-12-15-26(32-18-20)33-29(35)36-25-14-13-24(27-28(25)31-17-16-30-27)23-11-7-9-21-8-5-6-10-22(21)23/h5-18H,3-4,19H2,1-2H3,(H,32,33,35). The highest BCUT2D eigenvalue weighted by molar-refractivity contribution is 6.04. The van der Waals surface area contributed by atoms with E-state index in [0.29, 0.717) is 22.6 Å². The van der Waals surface area contributed by atoms with E-state index in [0.717, 1.165) is 47.1 Å². The Labute approximate surface area is 209 Å². The molecule has 0 radical (unpaired) electrons. The molecule has 5 aromatic rings. The molecule has 2 aromatic heterocycles. The second-order valence-electron chi connectivity index (χ2n) is 8.42. The lowest BCUT2D eigenvalue weighted by molar-refractivity contribution is 0.215. The second kappa shape index (κ2) is 10.5. The molecular formula is C29H27N5O2. The van der Waals surface area contributed by atoms with E-state index in [1.165, 1.54) is 0 Å². The molecule has 0 aliphatic carbocycles. The van der Waals surface area contributed by atoms with Gasteiger partial charge in [0.25, 0.3) is 0 Å². The van der Waals surface area contributed by atoms with Crippen LogP contribution in [-0.2, 0) is 6.54 Å². The summed E-state index contributed by atoms with van der Waals surface area (Å²) in [5, 5.41) is 4.96. The van der Waals surface area contributed by atoms with Crippen LogP contribution in [0.1, 0.15) is 19.4 Å². The molecule has 0 unspecified atom stereocenters. The predicted octanol–water partition coefficient (Wildman–Crippen LogP) is 6.30. The van der Waals surface area contributed by atoms with Gasteiger partial charge in [0.2, 0.25) is 0 Å². The van der Waals surface area contributed by atoms with Crippen LogP contribution in [0.2, 0.25) is 0 Å². The molecule has 0 saturated carbocycles. The molecule has 0 spiro atoms. The monoisotopic (exact) mass is 477 g/mol. The highest BCUT2D eigenvalue weighted by atomic mass is 16.6. The molecule has 0 atom stereocenters. The summed E-state index contributed by atoms with van der Waals surface area (Å²) in [6.07, 6.45) is 4.37. The number of pyridine rings is 1. The minimum absolute atomic E-state index is 0.331. The van der Waals surface area contributed by atoms with Crippen LogP contribution in [-0.4, -0.2) is 39.0 Å². The van der Waals surface area contributed by atoms with E-state index in [2.05, 4.69) is 63.3 Å². The Morgan fingerprint density at radius 3 is 2.39 bits per heavy atom. The van der Waals surface area contributed by atoms with Crippen molar-refractivity contribution in [2.24, 2.45) is 0 Å². The maximum absolute atomic E-state index is 12.7. The summed E-state index contributed by atoms with van der Waals surface area (Å²) >= 11 is 0. The number of ether oxygens (including phenoxy) is 1. The first kappa shape index (κ1) is 23.4. The molecule has 1 N–H and O–H groups in total. The average molecular weight is 478 g/mol. The summed E-state index contributed by atoms with van der Waals surface area (Å²) < 4.78 is 5.64. The predicted molar refractivity (Wildman–Crippen MR) is 143 cm³/mol. The van der Waals surface area contributed by atoms with E-state index in [-0.39, 0.29) is 0 Å². The lowest BCUT2D eigenvalue weighted by Gasteiger charge is -2.17. The van der Waals surface area contributed by atoms with Crippen LogP contribution < -0.4 is 10.1 Å². The van der Waals surface area contributed by atoms with Gasteiger partial charge >= 0.3 is 6.09 Å². The van der Waals surface area contributed by atoms with Crippen molar-refractivity contribution in [3.8, 4) is 16.9 Å². The number of nitrogens with one attached hydrogen (secondary N) is 1. The van der Waals surface area contributed by atoms with Crippen molar-refractivity contribution in [3.05, 3.63) is 90.9 Å². The first-order valence-corrected chi connectivity index (χ1v) is 12.0. The van der Waals surface area contributed by atoms with Crippen LogP contribution in [0.4, 0.5) is 10.6 Å². The number of carbonyl (C=O) groups is 1. The number of nitrogens with zero attached hydrogens (tertiary/aromatic N) is 4. The van der Waals surface area contributed by atoms with E-state index >= 15 is 0 Å². The molecule has 5 rings (SSSR count). The van der Waals surface area contributed by atoms with Gasteiger partial charge in [-0.2, -0.15) is 0 Å². The van der Waals surface area contributed by atoms with E-state index in [4.69, 9.17) is 4.74 Å². The minimum Gasteiger partial charge on any atom is -0.408 e. The fourth-order valence-electron chi connectivity index (χ4n) is 4.32. The fourth-order valence-corrected chi connectivity index (χ4v) is 4.32. The SMILES string of the molecule is CCN(CC)Cc1ccc(NC(=O)Oc2ccc(-c3cccc4ccccc34)c3nccnc23)nc1. The quantitative estimate of drug-likeness (QED) is 0.296. The van der Waals surface area contributed by atoms with Gasteiger partial charge in [0.05, 0.1) is 0 Å². The second-order valence-corrected chi connectivity index (χ2v) is 8.42. The van der Waals surface area contributed by atoms with Gasteiger partial charge in [0.1, 0.15) is 16.9 Å². The summed E-state index contributed by atoms with van der Waals surface area (Å²) in [5.74, 6) is 0.754. The summed E-state index contributed by atoms with van der Waals surface area (Å²) in [4.78, 5) is 28.4. The molecule has 7 heteroatoms. The van der Waals surface area contributed by atoms with Gasteiger partial charge in [-0.15, -0.1) is 0 Å². The maximum Gasteiger partial charge on any atom is 0.418 e. The number of benzene rings is 3. The molecule has 3 aromatic carbocycles. The summed E-state index contributed by atoms with van der Waals surface area (Å²) in [5.41, 5.74) is 4.23. The molecule has 1 amide bonds. The van der Waals surface area contributed by atoms with Crippen LogP contribution in [0.5, 0.6) is 5.75 Å². The summed E-state index contributed by atoms with van der Waals surface area (Å²) in [7, 11) is 0. The lowest BCUT2D eigenvalue weighted by Crippen LogP contribution is -2.22. The third kappa shape index (κ3) is 4.87. The number of rotatable bonds is 7. The van der Waals surface area contributed by atoms with Gasteiger partial charge in [0.15, 0.2) is 5.75 Å². The zero-order chi connectivity index (χ0) is 24.9. The first-order valence-electron chi connectivity index (χ1n) is 12.0. The van der Waals surface area contributed by atoms with Crippen molar-refractivity contribution in [1.29, 1.82) is 0 Å². The zero-order valence-electron chi connectivity index (χ0n) is 20.3. The molecule has 0 bridgehead atoms. The van der Waals surface area contributed by atoms with Gasteiger partial charge in [-0.25, -0.2) is 14.8 Å². The smallest absolute Gasteiger partial charge is 0.408 e. The minimum atomic E-state index is -0.635. The Morgan fingerprint density at radius 1 is 0.833 bits per heavy atom. The highest BCUT2D eigenvalue weighted by Gasteiger charge is 2.16. The van der Waals surface area contributed by atoms with Crippen molar-refractivity contribution in [2.75, 3.05) is 18.4 Å². The number of hydrogen-bond acceptors (Lipinski definition) is 6. The van der Waals surface area contributed by atoms with E-state index < -0.39 is 6.09 Å². The van der Waals surface area contributed by atoms with E-state index in [9.17, 15) is 4.79 Å². The number of carbonyl (C=O) groups excluding carboxylic acids is 1. The van der Waals surface area contributed by atoms with Crippen molar-refractivity contribution < 1.29 is 9.53 Å². The maximum atomic E-state index is 12.7. The molecule has 36 heavy (non-hydrogen) atoms. The largest absolute Gasteiger partial charge is 0.418 e. The Bertz CT molecular complexity index is 1510. The fraction of sp³-hybridized carbons (Fsp3) is 0.172. The highest BCUT2D eigenvalue weighted by Crippen LogP contribution is 2.35. The Balaban J connectivity index is 1.38. The Hall–Kier alpha value is -4.36. The number of fused-ring (bicyclic) bond motifs is 2. The zero-order valence-corrected chi connectivity index (χ0v) is 20.3. The molecule has 0 fully saturated rings. The van der Waals surface area contributed by atoms with Crippen LogP contribution >= 0.6 is 0 Å². The molecular weight excluding hydrogens is 450 g/mol. The number of hydrogen-bond donors (Lipinski definition) is 1. The van der Waals surface area contributed by atoms with Gasteiger partial charge in [0, 0.05) is 30.7 Å². The molecule has 0 aliphatic rings. The van der Waals surface area contributed by atoms with Crippen molar-refractivity contribution >= 4 is 33.7 Å². The van der Waals surface area contributed by atoms with Crippen LogP contribution in [0.25, 0.3) is 32.9 Å². The van der Waals surface area contributed by atoms with Crippen LogP contribution in [0, 0.1) is 0 Å². The Kier molecular flexibility index (Phi) is 6.82. The van der Waals surface area contributed by atoms with E-state index in [1.807, 2.05) is 30.3 Å². The molecule has 0 saturated heterocycles. The van der Waals surface area contributed by atoms with Gasteiger partial charge in [-0.05, 0) is 53.2 Å². The molecule has 2 heterocycles. The van der Waals surface area contributed by atoms with E-state index in [1.54, 1.807) is 30.7 Å². The number of amides is 1. The van der Waals surface area contributed by atoms with Gasteiger partial charge in [-0.1, -0.05) is 62.4 Å². The van der Waals surface area contributed by atoms with Crippen LogP contribution in [0.3, 0.4) is 0 Å².